The van der Waals surface area contributed by atoms with Gasteiger partial charge in [0.2, 0.25) is 0 Å². The van der Waals surface area contributed by atoms with E-state index in [-0.39, 0.29) is 0 Å². The smallest absolute Gasteiger partial charge is 0.0633 e. The molecule has 0 atom stereocenters. The van der Waals surface area contributed by atoms with Crippen LogP contribution in [-0.2, 0) is 0 Å². The lowest BCUT2D eigenvalue weighted by Crippen LogP contribution is -2.26. The van der Waals surface area contributed by atoms with Gasteiger partial charge < -0.3 is 0 Å². The summed E-state index contributed by atoms with van der Waals surface area (Å²) in [5.41, 5.74) is 7.66. The zero-order valence-corrected chi connectivity index (χ0v) is 25.3. The summed E-state index contributed by atoms with van der Waals surface area (Å²) in [6, 6.07) is 62.6. The van der Waals surface area contributed by atoms with Gasteiger partial charge in [-0.25, -0.2) is 0 Å². The van der Waals surface area contributed by atoms with Gasteiger partial charge in [-0.2, -0.15) is 0 Å². The van der Waals surface area contributed by atoms with Crippen molar-refractivity contribution >= 4 is 52.2 Å². The molecular weight excluding hydrogens is 533 g/mol. The van der Waals surface area contributed by atoms with Gasteiger partial charge in [0.05, 0.1) is 9.52 Å². The van der Waals surface area contributed by atoms with Gasteiger partial charge in [0.1, 0.15) is 0 Å². The third-order valence-corrected chi connectivity index (χ3v) is 10.4. The minimum absolute atomic E-state index is 0.628. The number of hydrogen-bond acceptors (Lipinski definition) is 0. The molecule has 8 rings (SSSR count). The highest BCUT2D eigenvalue weighted by Gasteiger charge is 2.19. The average molecular weight is 563 g/mol. The van der Waals surface area contributed by atoms with Gasteiger partial charge in [-0.05, 0) is 71.8 Å². The van der Waals surface area contributed by atoms with E-state index in [4.69, 9.17) is 0 Å². The molecule has 0 nitrogen and oxygen atoms in total. The van der Waals surface area contributed by atoms with Crippen LogP contribution in [0.5, 0.6) is 0 Å². The Balaban J connectivity index is 1.46. The monoisotopic (exact) mass is 562 g/mol. The van der Waals surface area contributed by atoms with Crippen LogP contribution >= 0.6 is 0 Å². The highest BCUT2D eigenvalue weighted by atomic mass is 28.2. The molecule has 0 bridgehead atoms. The van der Waals surface area contributed by atoms with E-state index in [1.165, 1.54) is 76.1 Å². The first kappa shape index (κ1) is 25.5. The molecule has 0 spiro atoms. The third kappa shape index (κ3) is 4.65. The lowest BCUT2D eigenvalue weighted by Gasteiger charge is -2.20. The third-order valence-electron chi connectivity index (χ3n) is 8.66. The van der Waals surface area contributed by atoms with E-state index in [9.17, 15) is 0 Å². The second kappa shape index (κ2) is 10.9. The maximum absolute atomic E-state index is 2.50. The van der Waals surface area contributed by atoms with Gasteiger partial charge in [-0.3, -0.25) is 0 Å². The molecule has 0 aliphatic heterocycles. The Kier molecular flexibility index (Phi) is 6.44. The SMILES string of the molecule is c1ccc([SiH2]c2ccc3c(-c4cccc5ccccc45)c4ccccc4c(-c4cccc(-c5ccccc5)c4)c3c2)cc1. The Labute approximate surface area is 254 Å². The molecule has 0 fully saturated rings. The fourth-order valence-corrected chi connectivity index (χ4v) is 8.22. The van der Waals surface area contributed by atoms with Gasteiger partial charge in [-0.15, -0.1) is 0 Å². The Morgan fingerprint density at radius 1 is 0.302 bits per heavy atom. The lowest BCUT2D eigenvalue weighted by molar-refractivity contribution is 1.61. The minimum Gasteiger partial charge on any atom is -0.0633 e. The molecule has 43 heavy (non-hydrogen) atoms. The predicted octanol–water partition coefficient (Wildman–Crippen LogP) is 9.27. The van der Waals surface area contributed by atoms with Gasteiger partial charge in [0, 0.05) is 0 Å². The Hall–Kier alpha value is -5.24. The van der Waals surface area contributed by atoms with Crippen LogP contribution < -0.4 is 10.4 Å². The van der Waals surface area contributed by atoms with Crippen molar-refractivity contribution in [3.8, 4) is 33.4 Å². The van der Waals surface area contributed by atoms with E-state index < -0.39 is 9.52 Å². The second-order valence-electron chi connectivity index (χ2n) is 11.3. The van der Waals surface area contributed by atoms with E-state index in [1.807, 2.05) is 0 Å². The molecule has 0 radical (unpaired) electrons. The van der Waals surface area contributed by atoms with E-state index >= 15 is 0 Å². The highest BCUT2D eigenvalue weighted by molar-refractivity contribution is 6.67. The van der Waals surface area contributed by atoms with Crippen LogP contribution in [0.4, 0.5) is 0 Å². The Bertz CT molecular complexity index is 2240. The first-order valence-corrected chi connectivity index (χ1v) is 16.4. The molecule has 8 aromatic carbocycles. The summed E-state index contributed by atoms with van der Waals surface area (Å²) in [6.45, 7) is 0. The number of fused-ring (bicyclic) bond motifs is 3. The zero-order valence-electron chi connectivity index (χ0n) is 23.9. The first-order chi connectivity index (χ1) is 21.3. The largest absolute Gasteiger partial charge is 0.0875 e. The lowest BCUT2D eigenvalue weighted by atomic mass is 9.84. The Morgan fingerprint density at radius 2 is 0.884 bits per heavy atom. The maximum atomic E-state index is 2.50. The molecule has 0 aliphatic rings. The summed E-state index contributed by atoms with van der Waals surface area (Å²) in [6.07, 6.45) is 0. The molecule has 1 heteroatoms. The van der Waals surface area contributed by atoms with Crippen molar-refractivity contribution in [2.75, 3.05) is 0 Å². The van der Waals surface area contributed by atoms with Crippen LogP contribution in [0.1, 0.15) is 0 Å². The molecule has 0 saturated heterocycles. The second-order valence-corrected chi connectivity index (χ2v) is 13.3. The molecule has 0 aliphatic carbocycles. The van der Waals surface area contributed by atoms with Gasteiger partial charge in [-0.1, -0.05) is 174 Å². The minimum atomic E-state index is -0.628. The summed E-state index contributed by atoms with van der Waals surface area (Å²) in [5.74, 6) is 0. The molecule has 0 N–H and O–H groups in total. The molecule has 0 heterocycles. The van der Waals surface area contributed by atoms with Crippen molar-refractivity contribution in [1.82, 2.24) is 0 Å². The summed E-state index contributed by atoms with van der Waals surface area (Å²) in [5, 5.41) is 10.7. The van der Waals surface area contributed by atoms with Crippen molar-refractivity contribution < 1.29 is 0 Å². The molecule has 0 amide bonds. The Morgan fingerprint density at radius 3 is 1.70 bits per heavy atom. The quantitative estimate of drug-likeness (QED) is 0.145. The molecular formula is C42H30Si. The fraction of sp³-hybridized carbons (Fsp3) is 0. The van der Waals surface area contributed by atoms with Crippen molar-refractivity contribution in [3.63, 3.8) is 0 Å². The maximum Gasteiger partial charge on any atom is 0.0875 e. The van der Waals surface area contributed by atoms with Crippen LogP contribution in [0.25, 0.3) is 65.7 Å². The van der Waals surface area contributed by atoms with Crippen molar-refractivity contribution in [1.29, 1.82) is 0 Å². The number of rotatable bonds is 5. The highest BCUT2D eigenvalue weighted by Crippen LogP contribution is 2.45. The van der Waals surface area contributed by atoms with Gasteiger partial charge in [0.25, 0.3) is 0 Å². The average Bonchev–Trinajstić information content (AvgIpc) is 3.08. The van der Waals surface area contributed by atoms with Crippen molar-refractivity contribution in [2.24, 2.45) is 0 Å². The molecule has 0 saturated carbocycles. The summed E-state index contributed by atoms with van der Waals surface area (Å²) >= 11 is 0. The molecule has 0 unspecified atom stereocenters. The predicted molar refractivity (Wildman–Crippen MR) is 190 cm³/mol. The topological polar surface area (TPSA) is 0 Å². The van der Waals surface area contributed by atoms with E-state index in [2.05, 4.69) is 170 Å². The molecule has 0 aromatic heterocycles. The standard InChI is InChI=1S/C42H30Si/c1-3-13-29(14-4-1)31-17-11-18-32(27-31)41-37-22-9-10-23-38(37)42(36-24-12-16-30-15-7-8-21-35(30)36)39-26-25-34(28-40(39)41)43-33-19-5-2-6-20-33/h1-28H,43H2. The summed E-state index contributed by atoms with van der Waals surface area (Å²) < 4.78 is 0. The summed E-state index contributed by atoms with van der Waals surface area (Å²) in [7, 11) is -0.628. The van der Waals surface area contributed by atoms with Crippen molar-refractivity contribution in [2.45, 2.75) is 0 Å². The fourth-order valence-electron chi connectivity index (χ4n) is 6.70. The van der Waals surface area contributed by atoms with Crippen LogP contribution in [0, 0.1) is 0 Å². The molecule has 202 valence electrons. The summed E-state index contributed by atoms with van der Waals surface area (Å²) in [4.78, 5) is 0. The number of hydrogen-bond donors (Lipinski definition) is 0. The van der Waals surface area contributed by atoms with Crippen LogP contribution in [0.2, 0.25) is 0 Å². The van der Waals surface area contributed by atoms with Gasteiger partial charge >= 0.3 is 0 Å². The van der Waals surface area contributed by atoms with Crippen molar-refractivity contribution in [3.05, 3.63) is 170 Å². The molecule has 8 aromatic rings. The van der Waals surface area contributed by atoms with E-state index in [0.717, 1.165) is 0 Å². The normalized spacial score (nSPS) is 11.6. The zero-order chi connectivity index (χ0) is 28.6. The van der Waals surface area contributed by atoms with Gasteiger partial charge in [0.15, 0.2) is 0 Å². The van der Waals surface area contributed by atoms with E-state index in [1.54, 1.807) is 0 Å². The first-order valence-electron chi connectivity index (χ1n) is 15.0. The van der Waals surface area contributed by atoms with E-state index in [0.29, 0.717) is 0 Å². The van der Waals surface area contributed by atoms with Crippen LogP contribution in [0.3, 0.4) is 0 Å². The van der Waals surface area contributed by atoms with Crippen LogP contribution in [-0.4, -0.2) is 9.52 Å². The van der Waals surface area contributed by atoms with Crippen LogP contribution in [0.15, 0.2) is 170 Å². The number of benzene rings is 8.